The first-order valence-corrected chi connectivity index (χ1v) is 28.2. The highest BCUT2D eigenvalue weighted by molar-refractivity contribution is 8.00. The molecule has 0 spiro atoms. The van der Waals surface area contributed by atoms with E-state index in [2.05, 4.69) is 209 Å². The van der Waals surface area contributed by atoms with Crippen molar-refractivity contribution in [2.45, 2.75) is 66.2 Å². The lowest BCUT2D eigenvalue weighted by molar-refractivity contribution is -0.122. The van der Waals surface area contributed by atoms with Gasteiger partial charge in [-0.1, -0.05) is 206 Å². The third kappa shape index (κ3) is 11.8. The first-order valence-electron chi connectivity index (χ1n) is 26.2. The molecule has 2 heterocycles. The van der Waals surface area contributed by atoms with Gasteiger partial charge in [-0.3, -0.25) is 14.6 Å². The van der Waals surface area contributed by atoms with Gasteiger partial charge in [-0.05, 0) is 89.2 Å². The summed E-state index contributed by atoms with van der Waals surface area (Å²) < 4.78 is 13.2. The number of thioether (sulfide) groups is 2. The summed E-state index contributed by atoms with van der Waals surface area (Å²) in [5.74, 6) is 1.17. The molecule has 2 bridgehead atoms. The summed E-state index contributed by atoms with van der Waals surface area (Å²) in [4.78, 5) is 24.6. The minimum Gasteiger partial charge on any atom is -0.399 e. The number of rotatable bonds is 24. The van der Waals surface area contributed by atoms with E-state index in [-0.39, 0.29) is 42.2 Å². The molecule has 2 unspecified atom stereocenters. The van der Waals surface area contributed by atoms with Gasteiger partial charge in [0.15, 0.2) is 0 Å². The number of nitrogens with one attached hydrogen (secondary N) is 1. The van der Waals surface area contributed by atoms with Gasteiger partial charge in [-0.2, -0.15) is 0 Å². The zero-order chi connectivity index (χ0) is 51.2. The van der Waals surface area contributed by atoms with Crippen LogP contribution in [-0.2, 0) is 19.1 Å². The molecule has 7 nitrogen and oxygen atoms in total. The molecule has 5 atom stereocenters. The Hall–Kier alpha value is -6.01. The van der Waals surface area contributed by atoms with Crippen molar-refractivity contribution in [3.8, 4) is 0 Å². The van der Waals surface area contributed by atoms with Crippen LogP contribution >= 0.6 is 23.5 Å². The predicted molar refractivity (Wildman–Crippen MR) is 304 cm³/mol. The number of hydrogen-bond acceptors (Lipinski definition) is 8. The SMILES string of the molecule is CCC(=NOC)[C@@H]1C2[C@H](O)CC(C[C@H]1c1ccc(F)cc1)N2CCCN(CCSC(c1ccccc1)(c1ccccc1)c1ccccc1)CC(=O)NCCSC(c1ccccc1)(c1ccccc1)c1ccccc1. The molecule has 2 saturated heterocycles. The Labute approximate surface area is 446 Å². The molecule has 7 aromatic carbocycles. The van der Waals surface area contributed by atoms with Crippen LogP contribution in [0.15, 0.2) is 211 Å². The van der Waals surface area contributed by atoms with Crippen molar-refractivity contribution in [3.05, 3.63) is 251 Å². The maximum absolute atomic E-state index is 14.4. The average Bonchev–Trinajstić information content (AvgIpc) is 3.67. The third-order valence-electron chi connectivity index (χ3n) is 15.1. The lowest BCUT2D eigenvalue weighted by Gasteiger charge is -2.45. The number of amides is 1. The van der Waals surface area contributed by atoms with Gasteiger partial charge >= 0.3 is 0 Å². The standard InChI is InChI=1S/C64H69FN4O3S2/c1-3-58(67-72-2)61-57(48-35-37-55(65)38-36-48)45-56-46-59(70)62(61)69(56)41-22-40-68(42-44-74-64(52-29-16-7-17-30-52,53-31-18-8-19-32-53)54-33-20-9-21-34-54)47-60(71)66-39-43-73-63(49-23-10-4-11-24-49,50-25-12-5-13-26-50)51-27-14-6-15-28-51/h4-21,23-38,56-57,59,61-62,70H,3,22,39-47H2,1-2H3,(H,66,71)/t56?,57-,59+,61+,62?/m0/s1. The number of nitrogens with zero attached hydrogens (tertiary/aromatic N) is 3. The Morgan fingerprint density at radius 1 is 0.662 bits per heavy atom. The fourth-order valence-corrected chi connectivity index (χ4v) is 14.9. The zero-order valence-corrected chi connectivity index (χ0v) is 44.2. The Kier molecular flexibility index (Phi) is 18.2. The largest absolute Gasteiger partial charge is 0.399 e. The second-order valence-corrected chi connectivity index (χ2v) is 22.1. The number of piperidine rings is 1. The van der Waals surface area contributed by atoms with Crippen molar-refractivity contribution in [1.82, 2.24) is 15.1 Å². The van der Waals surface area contributed by atoms with Gasteiger partial charge in [-0.25, -0.2) is 4.39 Å². The highest BCUT2D eigenvalue weighted by Crippen LogP contribution is 2.51. The van der Waals surface area contributed by atoms with Gasteiger partial charge in [0.2, 0.25) is 5.91 Å². The fourth-order valence-electron chi connectivity index (χ4n) is 11.9. The minimum atomic E-state index is -0.535. The molecule has 0 aliphatic carbocycles. The number of aliphatic hydroxyl groups is 1. The number of aliphatic hydroxyl groups excluding tert-OH is 1. The van der Waals surface area contributed by atoms with Crippen LogP contribution in [0.5, 0.6) is 0 Å². The molecule has 9 rings (SSSR count). The third-order valence-corrected chi connectivity index (χ3v) is 18.2. The van der Waals surface area contributed by atoms with E-state index in [9.17, 15) is 14.3 Å². The Bertz CT molecular complexity index is 2640. The smallest absolute Gasteiger partial charge is 0.234 e. The highest BCUT2D eigenvalue weighted by atomic mass is 32.2. The lowest BCUT2D eigenvalue weighted by Crippen LogP contribution is -2.53. The topological polar surface area (TPSA) is 77.4 Å². The zero-order valence-electron chi connectivity index (χ0n) is 42.6. The summed E-state index contributed by atoms with van der Waals surface area (Å²) in [5.41, 5.74) is 9.18. The van der Waals surface area contributed by atoms with E-state index < -0.39 is 15.6 Å². The molecule has 0 radical (unpaired) electrons. The molecule has 382 valence electrons. The number of carbonyl (C=O) groups excluding carboxylic acids is 1. The lowest BCUT2D eigenvalue weighted by atomic mass is 9.72. The van der Waals surface area contributed by atoms with E-state index in [1.807, 2.05) is 35.7 Å². The Balaban J connectivity index is 0.953. The van der Waals surface area contributed by atoms with Crippen molar-refractivity contribution < 1.29 is 19.1 Å². The number of oxime groups is 1. The van der Waals surface area contributed by atoms with Crippen molar-refractivity contribution in [3.63, 3.8) is 0 Å². The summed E-state index contributed by atoms with van der Waals surface area (Å²) in [5, 5.41) is 19.7. The Morgan fingerprint density at radius 2 is 1.11 bits per heavy atom. The van der Waals surface area contributed by atoms with Gasteiger partial charge in [-0.15, -0.1) is 23.5 Å². The van der Waals surface area contributed by atoms with Gasteiger partial charge < -0.3 is 15.3 Å². The van der Waals surface area contributed by atoms with E-state index in [4.69, 9.17) is 4.84 Å². The van der Waals surface area contributed by atoms with Gasteiger partial charge in [0, 0.05) is 49.1 Å². The van der Waals surface area contributed by atoms with Crippen molar-refractivity contribution in [2.75, 3.05) is 51.3 Å². The number of benzene rings is 7. The fraction of sp³-hybridized carbons (Fsp3) is 0.312. The molecule has 2 aliphatic heterocycles. The summed E-state index contributed by atoms with van der Waals surface area (Å²) in [6.45, 7) is 4.99. The number of fused-ring (bicyclic) bond motifs is 2. The van der Waals surface area contributed by atoms with Gasteiger partial charge in [0.1, 0.15) is 12.9 Å². The van der Waals surface area contributed by atoms with E-state index in [0.717, 1.165) is 36.4 Å². The molecule has 0 saturated carbocycles. The molecule has 0 aromatic heterocycles. The molecule has 74 heavy (non-hydrogen) atoms. The van der Waals surface area contributed by atoms with Crippen LogP contribution in [0.2, 0.25) is 0 Å². The highest BCUT2D eigenvalue weighted by Gasteiger charge is 2.53. The molecule has 2 fully saturated rings. The van der Waals surface area contributed by atoms with E-state index in [1.165, 1.54) is 45.5 Å². The van der Waals surface area contributed by atoms with Crippen LogP contribution in [0, 0.1) is 11.7 Å². The van der Waals surface area contributed by atoms with Crippen LogP contribution in [0.25, 0.3) is 0 Å². The van der Waals surface area contributed by atoms with Gasteiger partial charge in [0.25, 0.3) is 0 Å². The second-order valence-electron chi connectivity index (χ2n) is 19.5. The Morgan fingerprint density at radius 3 is 1.54 bits per heavy atom. The van der Waals surface area contributed by atoms with E-state index >= 15 is 0 Å². The van der Waals surface area contributed by atoms with Crippen LogP contribution < -0.4 is 5.32 Å². The first-order chi connectivity index (χ1) is 36.3. The average molecular weight is 1030 g/mol. The van der Waals surface area contributed by atoms with Crippen LogP contribution in [0.3, 0.4) is 0 Å². The molecule has 2 aliphatic rings. The molecule has 7 aromatic rings. The van der Waals surface area contributed by atoms with Crippen LogP contribution in [-0.4, -0.2) is 96.1 Å². The predicted octanol–water partition coefficient (Wildman–Crippen LogP) is 12.4. The summed E-state index contributed by atoms with van der Waals surface area (Å²) >= 11 is 3.77. The molecule has 1 amide bonds. The number of carbonyl (C=O) groups is 1. The summed E-state index contributed by atoms with van der Waals surface area (Å²) in [7, 11) is 1.58. The maximum atomic E-state index is 14.4. The number of halogens is 1. The minimum absolute atomic E-state index is 0.000178. The van der Waals surface area contributed by atoms with Crippen molar-refractivity contribution >= 4 is 35.1 Å². The second kappa shape index (κ2) is 25.5. The van der Waals surface area contributed by atoms with Crippen LogP contribution in [0.1, 0.15) is 77.5 Å². The quantitative estimate of drug-likeness (QED) is 0.0270. The van der Waals surface area contributed by atoms with Crippen LogP contribution in [0.4, 0.5) is 4.39 Å². The van der Waals surface area contributed by atoms with Crippen molar-refractivity contribution in [2.24, 2.45) is 11.1 Å². The molecular weight excluding hydrogens is 956 g/mol. The van der Waals surface area contributed by atoms with E-state index in [0.29, 0.717) is 38.2 Å². The summed E-state index contributed by atoms with van der Waals surface area (Å²) in [6, 6.07) is 71.3. The summed E-state index contributed by atoms with van der Waals surface area (Å²) in [6.07, 6.45) is 2.45. The van der Waals surface area contributed by atoms with Crippen molar-refractivity contribution in [1.29, 1.82) is 0 Å². The molecule has 2 N–H and O–H groups in total. The maximum Gasteiger partial charge on any atom is 0.234 e. The normalized spacial score (nSPS) is 19.1. The number of hydrogen-bond donors (Lipinski definition) is 2. The molecule has 10 heteroatoms. The first kappa shape index (κ1) is 52.8. The van der Waals surface area contributed by atoms with Gasteiger partial charge in [0.05, 0.1) is 27.9 Å². The van der Waals surface area contributed by atoms with E-state index in [1.54, 1.807) is 7.11 Å². The molecular formula is C64H69FN4O3S2. The monoisotopic (exact) mass is 1020 g/mol.